The van der Waals surface area contributed by atoms with Crippen LogP contribution in [0.4, 0.5) is 0 Å². The average molecular weight is 308 g/mol. The molecule has 1 heterocycles. The molecule has 92 valence electrons. The van der Waals surface area contributed by atoms with Crippen LogP contribution in [-0.2, 0) is 0 Å². The Kier molecular flexibility index (Phi) is 3.34. The minimum absolute atomic E-state index is 0.00419. The molecule has 0 aliphatic carbocycles. The lowest BCUT2D eigenvalue weighted by Crippen LogP contribution is -2.00. The minimum atomic E-state index is -1.08. The number of carboxylic acids is 1. The molecule has 0 saturated carbocycles. The van der Waals surface area contributed by atoms with Crippen molar-refractivity contribution in [3.05, 3.63) is 57.3 Å². The number of ketones is 1. The Morgan fingerprint density at radius 2 is 1.94 bits per heavy atom. The lowest BCUT2D eigenvalue weighted by Gasteiger charge is -2.01. The van der Waals surface area contributed by atoms with E-state index < -0.39 is 5.97 Å². The number of aromatic carboxylic acids is 1. The number of aromatic nitrogens is 1. The highest BCUT2D eigenvalue weighted by molar-refractivity contribution is 9.10. The first-order valence-corrected chi connectivity index (χ1v) is 6.01. The summed E-state index contributed by atoms with van der Waals surface area (Å²) in [6.45, 7) is 1.93. The molecule has 0 radical (unpaired) electrons. The Hall–Kier alpha value is -1.88. The van der Waals surface area contributed by atoms with E-state index >= 15 is 0 Å². The molecule has 0 saturated heterocycles. The van der Waals surface area contributed by atoms with Crippen LogP contribution < -0.4 is 0 Å². The van der Waals surface area contributed by atoms with Crippen LogP contribution in [0.25, 0.3) is 0 Å². The van der Waals surface area contributed by atoms with Crippen molar-refractivity contribution in [2.75, 3.05) is 0 Å². The molecule has 0 spiro atoms. The highest BCUT2D eigenvalue weighted by atomic mass is 79.9. The summed E-state index contributed by atoms with van der Waals surface area (Å²) in [6.07, 6.45) is 1.40. The van der Waals surface area contributed by atoms with E-state index in [1.54, 1.807) is 12.1 Å². The molecule has 1 aromatic carbocycles. The number of carbonyl (C=O) groups is 2. The number of carboxylic acid groups (broad SMARTS) is 1. The molecule has 2 N–H and O–H groups in total. The van der Waals surface area contributed by atoms with Crippen molar-refractivity contribution in [2.24, 2.45) is 0 Å². The minimum Gasteiger partial charge on any atom is -0.477 e. The molecule has 4 nitrogen and oxygen atoms in total. The van der Waals surface area contributed by atoms with Crippen LogP contribution in [0.5, 0.6) is 0 Å². The first kappa shape index (κ1) is 12.6. The predicted octanol–water partition coefficient (Wildman–Crippen LogP) is 3.01. The standard InChI is InChI=1S/C13H10BrNO3/c1-7-2-3-8(4-10(7)14)12(16)9-5-11(13(17)18)15-6-9/h2-6,15H,1H3,(H,17,18). The van der Waals surface area contributed by atoms with Crippen molar-refractivity contribution >= 4 is 27.7 Å². The zero-order valence-corrected chi connectivity index (χ0v) is 11.1. The fourth-order valence-electron chi connectivity index (χ4n) is 1.55. The summed E-state index contributed by atoms with van der Waals surface area (Å²) in [7, 11) is 0. The molecule has 0 aliphatic heterocycles. The van der Waals surface area contributed by atoms with Gasteiger partial charge in [0.05, 0.1) is 0 Å². The summed E-state index contributed by atoms with van der Waals surface area (Å²) in [5.41, 5.74) is 1.89. The fraction of sp³-hybridized carbons (Fsp3) is 0.0769. The van der Waals surface area contributed by atoms with Gasteiger partial charge in [-0.05, 0) is 24.6 Å². The topological polar surface area (TPSA) is 70.2 Å². The van der Waals surface area contributed by atoms with Crippen LogP contribution in [0.2, 0.25) is 0 Å². The first-order chi connectivity index (χ1) is 8.49. The molecule has 2 rings (SSSR count). The monoisotopic (exact) mass is 307 g/mol. The Morgan fingerprint density at radius 3 is 2.50 bits per heavy atom. The van der Waals surface area contributed by atoms with E-state index in [9.17, 15) is 9.59 Å². The van der Waals surface area contributed by atoms with Crippen LogP contribution >= 0.6 is 15.9 Å². The van der Waals surface area contributed by atoms with Gasteiger partial charge in [-0.15, -0.1) is 0 Å². The normalized spacial score (nSPS) is 10.3. The van der Waals surface area contributed by atoms with Crippen molar-refractivity contribution in [3.63, 3.8) is 0 Å². The van der Waals surface area contributed by atoms with Gasteiger partial charge < -0.3 is 10.1 Å². The van der Waals surface area contributed by atoms with Gasteiger partial charge in [0.1, 0.15) is 5.69 Å². The molecular weight excluding hydrogens is 298 g/mol. The molecule has 0 atom stereocenters. The van der Waals surface area contributed by atoms with Crippen LogP contribution in [0, 0.1) is 6.92 Å². The van der Waals surface area contributed by atoms with E-state index in [4.69, 9.17) is 5.11 Å². The van der Waals surface area contributed by atoms with E-state index in [1.807, 2.05) is 13.0 Å². The van der Waals surface area contributed by atoms with Crippen LogP contribution in [0.15, 0.2) is 34.9 Å². The smallest absolute Gasteiger partial charge is 0.352 e. The number of hydrogen-bond acceptors (Lipinski definition) is 2. The molecule has 5 heteroatoms. The Bertz CT molecular complexity index is 631. The molecule has 1 aromatic heterocycles. The van der Waals surface area contributed by atoms with Crippen LogP contribution in [0.1, 0.15) is 32.0 Å². The van der Waals surface area contributed by atoms with Gasteiger partial charge in [-0.2, -0.15) is 0 Å². The number of nitrogens with one attached hydrogen (secondary N) is 1. The van der Waals surface area contributed by atoms with E-state index in [-0.39, 0.29) is 11.5 Å². The summed E-state index contributed by atoms with van der Waals surface area (Å²) in [5.74, 6) is -1.29. The maximum absolute atomic E-state index is 12.1. The van der Waals surface area contributed by atoms with Gasteiger partial charge in [-0.25, -0.2) is 4.79 Å². The second-order valence-corrected chi connectivity index (χ2v) is 4.75. The first-order valence-electron chi connectivity index (χ1n) is 5.21. The van der Waals surface area contributed by atoms with E-state index in [1.165, 1.54) is 12.3 Å². The number of halogens is 1. The Labute approximate surface area is 112 Å². The lowest BCUT2D eigenvalue weighted by molar-refractivity contribution is 0.0691. The summed E-state index contributed by atoms with van der Waals surface area (Å²) < 4.78 is 0.849. The number of aryl methyl sites for hydroxylation is 1. The zero-order valence-electron chi connectivity index (χ0n) is 9.53. The predicted molar refractivity (Wildman–Crippen MR) is 70.1 cm³/mol. The third-order valence-corrected chi connectivity index (χ3v) is 3.46. The van der Waals surface area contributed by atoms with Crippen molar-refractivity contribution in [1.82, 2.24) is 4.98 Å². The fourth-order valence-corrected chi connectivity index (χ4v) is 1.93. The van der Waals surface area contributed by atoms with Gasteiger partial charge in [0.25, 0.3) is 0 Å². The van der Waals surface area contributed by atoms with Crippen molar-refractivity contribution in [2.45, 2.75) is 6.92 Å². The van der Waals surface area contributed by atoms with Gasteiger partial charge in [-0.1, -0.05) is 28.1 Å². The van der Waals surface area contributed by atoms with Gasteiger partial charge >= 0.3 is 5.97 Å². The molecule has 0 bridgehead atoms. The maximum Gasteiger partial charge on any atom is 0.352 e. The molecule has 0 amide bonds. The van der Waals surface area contributed by atoms with Gasteiger partial charge in [0.15, 0.2) is 5.78 Å². The third kappa shape index (κ3) is 2.36. The SMILES string of the molecule is Cc1ccc(C(=O)c2c[nH]c(C(=O)O)c2)cc1Br. The summed E-state index contributed by atoms with van der Waals surface area (Å²) in [6, 6.07) is 6.61. The number of carbonyl (C=O) groups excluding carboxylic acids is 1. The molecule has 0 aliphatic rings. The Balaban J connectivity index is 2.35. The number of rotatable bonds is 3. The summed E-state index contributed by atoms with van der Waals surface area (Å²) in [5, 5.41) is 8.78. The maximum atomic E-state index is 12.1. The summed E-state index contributed by atoms with van der Waals surface area (Å²) in [4.78, 5) is 25.4. The molecule has 0 unspecified atom stereocenters. The van der Waals surface area contributed by atoms with Crippen LogP contribution in [0.3, 0.4) is 0 Å². The second kappa shape index (κ2) is 4.78. The largest absolute Gasteiger partial charge is 0.477 e. The average Bonchev–Trinajstić information content (AvgIpc) is 2.81. The second-order valence-electron chi connectivity index (χ2n) is 3.90. The molecule has 2 aromatic rings. The van der Waals surface area contributed by atoms with Gasteiger partial charge in [0.2, 0.25) is 0 Å². The third-order valence-electron chi connectivity index (χ3n) is 2.61. The molecule has 0 fully saturated rings. The summed E-state index contributed by atoms with van der Waals surface area (Å²) >= 11 is 3.36. The number of benzene rings is 1. The highest BCUT2D eigenvalue weighted by Crippen LogP contribution is 2.20. The lowest BCUT2D eigenvalue weighted by atomic mass is 10.0. The quantitative estimate of drug-likeness (QED) is 0.856. The number of H-pyrrole nitrogens is 1. The number of hydrogen-bond donors (Lipinski definition) is 2. The van der Waals surface area contributed by atoms with Crippen molar-refractivity contribution in [1.29, 1.82) is 0 Å². The molecule has 18 heavy (non-hydrogen) atoms. The highest BCUT2D eigenvalue weighted by Gasteiger charge is 2.14. The van der Waals surface area contributed by atoms with Gasteiger partial charge in [0, 0.05) is 21.8 Å². The number of aromatic amines is 1. The van der Waals surface area contributed by atoms with Crippen LogP contribution in [-0.4, -0.2) is 21.8 Å². The molecular formula is C13H10BrNO3. The van der Waals surface area contributed by atoms with E-state index in [0.29, 0.717) is 11.1 Å². The van der Waals surface area contributed by atoms with Crippen molar-refractivity contribution < 1.29 is 14.7 Å². The van der Waals surface area contributed by atoms with Crippen molar-refractivity contribution in [3.8, 4) is 0 Å². The van der Waals surface area contributed by atoms with Gasteiger partial charge in [-0.3, -0.25) is 4.79 Å². The zero-order chi connectivity index (χ0) is 13.3. The van der Waals surface area contributed by atoms with E-state index in [0.717, 1.165) is 10.0 Å². The Morgan fingerprint density at radius 1 is 1.22 bits per heavy atom. The van der Waals surface area contributed by atoms with E-state index in [2.05, 4.69) is 20.9 Å².